The number of benzene rings is 1. The van der Waals surface area contributed by atoms with E-state index in [0.717, 1.165) is 24.6 Å². The average Bonchev–Trinajstić information content (AvgIpc) is 3.27. The Balaban J connectivity index is 0.000000271. The van der Waals surface area contributed by atoms with E-state index in [0.29, 0.717) is 13.0 Å². The lowest BCUT2D eigenvalue weighted by atomic mass is 10.2. The Kier molecular flexibility index (Phi) is 8.88. The van der Waals surface area contributed by atoms with E-state index in [1.54, 1.807) is 20.8 Å². The quantitative estimate of drug-likeness (QED) is 0.345. The van der Waals surface area contributed by atoms with E-state index in [4.69, 9.17) is 4.74 Å². The molecule has 2 heterocycles. The number of amides is 1. The first-order valence-electron chi connectivity index (χ1n) is 10.9. The number of H-pyrrole nitrogens is 1. The van der Waals surface area contributed by atoms with E-state index in [1.807, 2.05) is 0 Å². The molecule has 0 spiro atoms. The van der Waals surface area contributed by atoms with Crippen molar-refractivity contribution in [1.29, 1.82) is 0 Å². The van der Waals surface area contributed by atoms with E-state index in [-0.39, 0.29) is 23.1 Å². The van der Waals surface area contributed by atoms with Crippen molar-refractivity contribution in [2.75, 3.05) is 13.7 Å². The van der Waals surface area contributed by atoms with Gasteiger partial charge in [0.25, 0.3) is 5.56 Å². The zero-order chi connectivity index (χ0) is 28.2. The van der Waals surface area contributed by atoms with Gasteiger partial charge in [0.15, 0.2) is 5.69 Å². The highest BCUT2D eigenvalue weighted by Crippen LogP contribution is 2.28. The molecule has 0 bridgehead atoms. The molecule has 1 unspecified atom stereocenters. The van der Waals surface area contributed by atoms with Crippen LogP contribution in [0.15, 0.2) is 35.6 Å². The monoisotopic (exact) mass is 535 g/mol. The number of esters is 1. The van der Waals surface area contributed by atoms with Gasteiger partial charge in [-0.1, -0.05) is 6.58 Å². The number of hydrogen-bond acceptors (Lipinski definition) is 7. The van der Waals surface area contributed by atoms with Crippen LogP contribution in [0.2, 0.25) is 0 Å². The van der Waals surface area contributed by atoms with Crippen LogP contribution in [-0.2, 0) is 20.2 Å². The van der Waals surface area contributed by atoms with Gasteiger partial charge in [-0.2, -0.15) is 8.78 Å². The number of carbonyl (C=O) groups excluding carboxylic acids is 2. The molecule has 1 N–H and O–H groups in total. The largest absolute Gasteiger partial charge is 0.573 e. The number of halogens is 5. The predicted molar refractivity (Wildman–Crippen MR) is 121 cm³/mol. The summed E-state index contributed by atoms with van der Waals surface area (Å²) in [5, 5.41) is 0. The molecular formula is C23H26F5N3O6. The number of nitrogens with one attached hydrogen (secondary N) is 1. The van der Waals surface area contributed by atoms with E-state index >= 15 is 0 Å². The smallest absolute Gasteiger partial charge is 0.467 e. The summed E-state index contributed by atoms with van der Waals surface area (Å²) in [6.45, 7) is 8.83. The standard InChI is InChI=1S/C12H7F5N2O2.C11H19NO4/c1-2-11(13,14)9-10(20)19-7-4-3-6(5-8(7)18-9)21-12(15,16)17;1-11(2,3)16-10(14)12-7-5-6-8(12)9(13)15-4/h2-5H,1H2,(H,19,20);8H,5-7H2,1-4H3. The second kappa shape index (κ2) is 11.1. The first kappa shape index (κ1) is 29.5. The number of likely N-dealkylation sites (tertiary alicyclic amines) is 1. The summed E-state index contributed by atoms with van der Waals surface area (Å²) in [6.07, 6.45) is -3.71. The summed E-state index contributed by atoms with van der Waals surface area (Å²) >= 11 is 0. The highest BCUT2D eigenvalue weighted by atomic mass is 19.4. The lowest BCUT2D eigenvalue weighted by molar-refractivity contribution is -0.274. The second-order valence-electron chi connectivity index (χ2n) is 8.82. The molecule has 1 aromatic carbocycles. The van der Waals surface area contributed by atoms with Crippen LogP contribution in [0.25, 0.3) is 11.0 Å². The van der Waals surface area contributed by atoms with Gasteiger partial charge in [0, 0.05) is 12.6 Å². The van der Waals surface area contributed by atoms with Gasteiger partial charge in [0.1, 0.15) is 17.4 Å². The Labute approximate surface area is 208 Å². The molecule has 0 aliphatic carbocycles. The molecule has 9 nitrogen and oxygen atoms in total. The normalized spacial score (nSPS) is 16.0. The summed E-state index contributed by atoms with van der Waals surface area (Å²) in [7, 11) is 1.33. The number of methoxy groups -OCH3 is 1. The summed E-state index contributed by atoms with van der Waals surface area (Å²) in [4.78, 5) is 41.6. The summed E-state index contributed by atoms with van der Waals surface area (Å²) < 4.78 is 76.7. The van der Waals surface area contributed by atoms with Gasteiger partial charge in [-0.25, -0.2) is 14.6 Å². The third-order valence-corrected chi connectivity index (χ3v) is 4.82. The zero-order valence-corrected chi connectivity index (χ0v) is 20.4. The fourth-order valence-electron chi connectivity index (χ4n) is 3.27. The average molecular weight is 535 g/mol. The van der Waals surface area contributed by atoms with Crippen LogP contribution in [-0.4, -0.2) is 58.6 Å². The number of hydrogen-bond donors (Lipinski definition) is 1. The number of aromatic amines is 1. The third-order valence-electron chi connectivity index (χ3n) is 4.82. The first-order valence-corrected chi connectivity index (χ1v) is 10.9. The molecule has 3 rings (SSSR count). The fourth-order valence-corrected chi connectivity index (χ4v) is 3.27. The van der Waals surface area contributed by atoms with Crippen molar-refractivity contribution in [2.24, 2.45) is 0 Å². The van der Waals surface area contributed by atoms with Crippen LogP contribution in [0.4, 0.5) is 26.7 Å². The zero-order valence-electron chi connectivity index (χ0n) is 20.4. The Morgan fingerprint density at radius 3 is 2.38 bits per heavy atom. The van der Waals surface area contributed by atoms with Crippen molar-refractivity contribution in [3.8, 4) is 5.75 Å². The van der Waals surface area contributed by atoms with E-state index in [1.165, 1.54) is 12.0 Å². The lowest BCUT2D eigenvalue weighted by Gasteiger charge is -2.27. The maximum atomic E-state index is 13.4. The molecule has 1 fully saturated rings. The van der Waals surface area contributed by atoms with Gasteiger partial charge in [-0.05, 0) is 51.8 Å². The second-order valence-corrected chi connectivity index (χ2v) is 8.82. The highest BCUT2D eigenvalue weighted by molar-refractivity contribution is 5.82. The number of rotatable bonds is 4. The van der Waals surface area contributed by atoms with Gasteiger partial charge in [-0.15, -0.1) is 13.2 Å². The summed E-state index contributed by atoms with van der Waals surface area (Å²) in [6, 6.07) is 2.31. The minimum atomic E-state index is -4.93. The molecule has 0 radical (unpaired) electrons. The predicted octanol–water partition coefficient (Wildman–Crippen LogP) is 4.66. The topological polar surface area (TPSA) is 111 Å². The van der Waals surface area contributed by atoms with Crippen LogP contribution < -0.4 is 10.3 Å². The van der Waals surface area contributed by atoms with E-state index < -0.39 is 47.0 Å². The van der Waals surface area contributed by atoms with Gasteiger partial charge in [0.05, 0.1) is 18.1 Å². The van der Waals surface area contributed by atoms with Crippen molar-refractivity contribution in [3.63, 3.8) is 0 Å². The molecule has 204 valence electrons. The number of nitrogens with zero attached hydrogens (tertiary/aromatic N) is 2. The molecule has 1 aliphatic rings. The molecular weight excluding hydrogens is 509 g/mol. The number of alkyl halides is 5. The third kappa shape index (κ3) is 8.15. The number of carbonyl (C=O) groups is 2. The lowest BCUT2D eigenvalue weighted by Crippen LogP contribution is -2.43. The molecule has 1 aromatic heterocycles. The summed E-state index contributed by atoms with van der Waals surface area (Å²) in [5.74, 6) is -4.71. The molecule has 14 heteroatoms. The highest BCUT2D eigenvalue weighted by Gasteiger charge is 2.37. The fraction of sp³-hybridized carbons (Fsp3) is 0.478. The van der Waals surface area contributed by atoms with Gasteiger partial charge >= 0.3 is 24.3 Å². The molecule has 37 heavy (non-hydrogen) atoms. The SMILES string of the molecule is C=CC(F)(F)c1nc2cc(OC(F)(F)F)ccc2[nH]c1=O.COC(=O)C1CCCN1C(=O)OC(C)(C)C. The van der Waals surface area contributed by atoms with Crippen LogP contribution in [0.5, 0.6) is 5.75 Å². The van der Waals surface area contributed by atoms with E-state index in [9.17, 15) is 36.3 Å². The van der Waals surface area contributed by atoms with Crippen molar-refractivity contribution in [2.45, 2.75) is 57.5 Å². The number of allylic oxidation sites excluding steroid dienone is 1. The molecule has 1 aliphatic heterocycles. The minimum absolute atomic E-state index is 0.00173. The minimum Gasteiger partial charge on any atom is -0.467 e. The Hall–Kier alpha value is -3.71. The van der Waals surface area contributed by atoms with Crippen LogP contribution in [0.1, 0.15) is 39.3 Å². The van der Waals surface area contributed by atoms with Gasteiger partial charge in [0.2, 0.25) is 0 Å². The number of fused-ring (bicyclic) bond motifs is 1. The van der Waals surface area contributed by atoms with Gasteiger partial charge < -0.3 is 19.2 Å². The molecule has 2 aromatic rings. The van der Waals surface area contributed by atoms with Crippen molar-refractivity contribution in [3.05, 3.63) is 46.9 Å². The molecule has 1 atom stereocenters. The van der Waals surface area contributed by atoms with Crippen LogP contribution in [0, 0.1) is 0 Å². The van der Waals surface area contributed by atoms with Gasteiger partial charge in [-0.3, -0.25) is 9.69 Å². The Morgan fingerprint density at radius 2 is 1.84 bits per heavy atom. The van der Waals surface area contributed by atoms with Crippen molar-refractivity contribution in [1.82, 2.24) is 14.9 Å². The Bertz CT molecular complexity index is 1210. The van der Waals surface area contributed by atoms with Crippen LogP contribution >= 0.6 is 0 Å². The maximum Gasteiger partial charge on any atom is 0.573 e. The maximum absolute atomic E-state index is 13.4. The number of ether oxygens (including phenoxy) is 3. The van der Waals surface area contributed by atoms with E-state index in [2.05, 4.69) is 26.0 Å². The molecule has 1 saturated heterocycles. The van der Waals surface area contributed by atoms with Crippen molar-refractivity contribution < 1.29 is 45.8 Å². The Morgan fingerprint density at radius 1 is 1.19 bits per heavy atom. The summed E-state index contributed by atoms with van der Waals surface area (Å²) in [5.41, 5.74) is -3.13. The number of aromatic nitrogens is 2. The molecule has 1 amide bonds. The molecule has 0 saturated carbocycles. The van der Waals surface area contributed by atoms with Crippen molar-refractivity contribution >= 4 is 23.1 Å². The first-order chi connectivity index (χ1) is 17.0. The van der Waals surface area contributed by atoms with Crippen LogP contribution in [0.3, 0.4) is 0 Å².